The fourth-order valence-corrected chi connectivity index (χ4v) is 1.99. The normalized spacial score (nSPS) is 22.3. The van der Waals surface area contributed by atoms with Crippen LogP contribution < -0.4 is 0 Å². The molecule has 1 aliphatic heterocycles. The second-order valence-corrected chi connectivity index (χ2v) is 4.23. The summed E-state index contributed by atoms with van der Waals surface area (Å²) in [6.45, 7) is 1.40. The van der Waals surface area contributed by atoms with Gasteiger partial charge in [-0.3, -0.25) is 0 Å². The molecule has 1 rings (SSSR count). The summed E-state index contributed by atoms with van der Waals surface area (Å²) in [6.07, 6.45) is -4.43. The Morgan fingerprint density at radius 3 is 2.38 bits per heavy atom. The molecule has 0 radical (unpaired) electrons. The Bertz CT molecular complexity index is 203. The van der Waals surface area contributed by atoms with E-state index in [4.69, 9.17) is 4.74 Å². The summed E-state index contributed by atoms with van der Waals surface area (Å²) in [5, 5.41) is 9.44. The van der Waals surface area contributed by atoms with Gasteiger partial charge in [-0.25, -0.2) is 0 Å². The number of aliphatic hydroxyl groups is 1. The van der Waals surface area contributed by atoms with Gasteiger partial charge in [-0.2, -0.15) is 13.2 Å². The second-order valence-electron chi connectivity index (χ2n) is 4.23. The number of halogens is 3. The van der Waals surface area contributed by atoms with Crippen LogP contribution in [0.3, 0.4) is 0 Å². The molecule has 96 valence electrons. The first-order valence-corrected chi connectivity index (χ1v) is 5.39. The maximum atomic E-state index is 12.4. The minimum absolute atomic E-state index is 0.128. The molecule has 1 atom stereocenters. The lowest BCUT2D eigenvalue weighted by Gasteiger charge is -2.33. The molecular formula is C10H18F3NO2. The van der Waals surface area contributed by atoms with E-state index in [9.17, 15) is 18.3 Å². The van der Waals surface area contributed by atoms with Crippen molar-refractivity contribution in [2.24, 2.45) is 5.92 Å². The molecule has 1 fully saturated rings. The Morgan fingerprint density at radius 1 is 1.38 bits per heavy atom. The standard InChI is InChI=1S/C10H18F3NO2/c1-16-7-9(15)6-14-4-2-8(3-5-14)10(11,12)13/h8-9,15H,2-7H2,1H3/t9-/m0/s1. The average molecular weight is 241 g/mol. The first-order valence-electron chi connectivity index (χ1n) is 5.39. The van der Waals surface area contributed by atoms with Gasteiger partial charge in [0.2, 0.25) is 0 Å². The highest BCUT2D eigenvalue weighted by atomic mass is 19.4. The molecule has 0 unspecified atom stereocenters. The maximum absolute atomic E-state index is 12.4. The summed E-state index contributed by atoms with van der Waals surface area (Å²) in [6, 6.07) is 0. The lowest BCUT2D eigenvalue weighted by molar-refractivity contribution is -0.185. The van der Waals surface area contributed by atoms with Gasteiger partial charge in [-0.15, -0.1) is 0 Å². The van der Waals surface area contributed by atoms with Crippen LogP contribution in [0.5, 0.6) is 0 Å². The molecular weight excluding hydrogens is 223 g/mol. The Kier molecular flexibility index (Phi) is 5.01. The van der Waals surface area contributed by atoms with Crippen LogP contribution in [-0.2, 0) is 4.74 Å². The van der Waals surface area contributed by atoms with Crippen molar-refractivity contribution >= 4 is 0 Å². The van der Waals surface area contributed by atoms with Gasteiger partial charge in [0.25, 0.3) is 0 Å². The molecule has 1 N–H and O–H groups in total. The highest BCUT2D eigenvalue weighted by Crippen LogP contribution is 2.33. The van der Waals surface area contributed by atoms with Crippen LogP contribution in [0.1, 0.15) is 12.8 Å². The number of hydrogen-bond acceptors (Lipinski definition) is 3. The molecule has 0 aromatic heterocycles. The largest absolute Gasteiger partial charge is 0.391 e. The zero-order valence-electron chi connectivity index (χ0n) is 9.33. The Balaban J connectivity index is 2.27. The summed E-state index contributed by atoms with van der Waals surface area (Å²) >= 11 is 0. The minimum Gasteiger partial charge on any atom is -0.389 e. The molecule has 1 heterocycles. The number of rotatable bonds is 4. The Morgan fingerprint density at radius 2 is 1.94 bits per heavy atom. The minimum atomic E-state index is -4.07. The van der Waals surface area contributed by atoms with Crippen LogP contribution in [0.25, 0.3) is 0 Å². The van der Waals surface area contributed by atoms with Crippen molar-refractivity contribution in [1.82, 2.24) is 4.90 Å². The van der Waals surface area contributed by atoms with Crippen molar-refractivity contribution in [1.29, 1.82) is 0 Å². The molecule has 0 spiro atoms. The van der Waals surface area contributed by atoms with E-state index in [2.05, 4.69) is 0 Å². The van der Waals surface area contributed by atoms with Gasteiger partial charge >= 0.3 is 6.18 Å². The molecule has 6 heteroatoms. The number of hydrogen-bond donors (Lipinski definition) is 1. The van der Waals surface area contributed by atoms with E-state index in [1.165, 1.54) is 7.11 Å². The topological polar surface area (TPSA) is 32.7 Å². The van der Waals surface area contributed by atoms with Crippen molar-refractivity contribution in [3.8, 4) is 0 Å². The molecule has 0 bridgehead atoms. The average Bonchev–Trinajstić information content (AvgIpc) is 2.17. The van der Waals surface area contributed by atoms with Gasteiger partial charge < -0.3 is 14.7 Å². The van der Waals surface area contributed by atoms with E-state index in [1.807, 2.05) is 4.90 Å². The fraction of sp³-hybridized carbons (Fsp3) is 1.00. The summed E-state index contributed by atoms with van der Waals surface area (Å²) in [4.78, 5) is 1.85. The van der Waals surface area contributed by atoms with Gasteiger partial charge in [0.15, 0.2) is 0 Å². The van der Waals surface area contributed by atoms with E-state index in [1.54, 1.807) is 0 Å². The van der Waals surface area contributed by atoms with E-state index in [-0.39, 0.29) is 19.4 Å². The molecule has 0 aliphatic carbocycles. The first-order chi connectivity index (χ1) is 7.43. The number of ether oxygens (including phenoxy) is 1. The molecule has 1 aliphatic rings. The fourth-order valence-electron chi connectivity index (χ4n) is 1.99. The smallest absolute Gasteiger partial charge is 0.389 e. The summed E-state index contributed by atoms with van der Waals surface area (Å²) in [5.74, 6) is -1.18. The van der Waals surface area contributed by atoms with Gasteiger partial charge in [0.1, 0.15) is 0 Å². The van der Waals surface area contributed by atoms with E-state index < -0.39 is 18.2 Å². The summed E-state index contributed by atoms with van der Waals surface area (Å²) < 4.78 is 41.9. The zero-order valence-corrected chi connectivity index (χ0v) is 9.33. The van der Waals surface area contributed by atoms with Crippen LogP contribution in [0.2, 0.25) is 0 Å². The first kappa shape index (κ1) is 13.7. The van der Waals surface area contributed by atoms with Crippen LogP contribution in [0, 0.1) is 5.92 Å². The number of methoxy groups -OCH3 is 1. The predicted octanol–water partition coefficient (Wildman–Crippen LogP) is 1.27. The molecule has 1 saturated heterocycles. The maximum Gasteiger partial charge on any atom is 0.391 e. The van der Waals surface area contributed by atoms with Gasteiger partial charge in [0, 0.05) is 13.7 Å². The molecule has 0 aromatic rings. The number of likely N-dealkylation sites (tertiary alicyclic amines) is 1. The van der Waals surface area contributed by atoms with Crippen molar-refractivity contribution < 1.29 is 23.0 Å². The third-order valence-corrected chi connectivity index (χ3v) is 2.88. The Hall–Kier alpha value is -0.330. The number of β-amino-alcohol motifs (C(OH)–C–C–N with tert-alkyl or cyclic N) is 1. The van der Waals surface area contributed by atoms with E-state index in [0.717, 1.165) is 0 Å². The molecule has 0 aromatic carbocycles. The van der Waals surface area contributed by atoms with E-state index >= 15 is 0 Å². The van der Waals surface area contributed by atoms with E-state index in [0.29, 0.717) is 19.6 Å². The summed E-state index contributed by atoms with van der Waals surface area (Å²) in [7, 11) is 1.49. The zero-order chi connectivity index (χ0) is 12.2. The van der Waals surface area contributed by atoms with Crippen molar-refractivity contribution in [3.63, 3.8) is 0 Å². The monoisotopic (exact) mass is 241 g/mol. The third kappa shape index (κ3) is 4.27. The lowest BCUT2D eigenvalue weighted by Crippen LogP contribution is -2.43. The number of nitrogens with zero attached hydrogens (tertiary/aromatic N) is 1. The van der Waals surface area contributed by atoms with Gasteiger partial charge in [-0.05, 0) is 25.9 Å². The lowest BCUT2D eigenvalue weighted by atomic mass is 9.96. The van der Waals surface area contributed by atoms with Crippen LogP contribution >= 0.6 is 0 Å². The molecule has 0 amide bonds. The molecule has 16 heavy (non-hydrogen) atoms. The second kappa shape index (κ2) is 5.84. The van der Waals surface area contributed by atoms with Gasteiger partial charge in [-0.1, -0.05) is 0 Å². The van der Waals surface area contributed by atoms with Crippen LogP contribution in [-0.4, -0.2) is 55.6 Å². The SMILES string of the molecule is COC[C@@H](O)CN1CCC(C(F)(F)F)CC1. The highest BCUT2D eigenvalue weighted by Gasteiger charge is 2.41. The molecule has 0 saturated carbocycles. The van der Waals surface area contributed by atoms with Crippen molar-refractivity contribution in [2.75, 3.05) is 33.4 Å². The van der Waals surface area contributed by atoms with Crippen molar-refractivity contribution in [3.05, 3.63) is 0 Å². The highest BCUT2D eigenvalue weighted by molar-refractivity contribution is 4.78. The number of alkyl halides is 3. The van der Waals surface area contributed by atoms with Crippen LogP contribution in [0.4, 0.5) is 13.2 Å². The number of piperidine rings is 1. The van der Waals surface area contributed by atoms with Crippen molar-refractivity contribution in [2.45, 2.75) is 25.1 Å². The van der Waals surface area contributed by atoms with Gasteiger partial charge in [0.05, 0.1) is 18.6 Å². The Labute approximate surface area is 93.2 Å². The third-order valence-electron chi connectivity index (χ3n) is 2.88. The van der Waals surface area contributed by atoms with Crippen LogP contribution in [0.15, 0.2) is 0 Å². The molecule has 3 nitrogen and oxygen atoms in total. The predicted molar refractivity (Wildman–Crippen MR) is 53.1 cm³/mol. The number of aliphatic hydroxyl groups excluding tert-OH is 1. The quantitative estimate of drug-likeness (QED) is 0.804. The summed E-state index contributed by atoms with van der Waals surface area (Å²) in [5.41, 5.74) is 0.